The van der Waals surface area contributed by atoms with Crippen molar-refractivity contribution in [1.82, 2.24) is 16.0 Å². The first-order valence-electron chi connectivity index (χ1n) is 10.3. The molecule has 0 saturated carbocycles. The Labute approximate surface area is 182 Å². The first-order valence-corrected chi connectivity index (χ1v) is 10.3. The van der Waals surface area contributed by atoms with Crippen molar-refractivity contribution in [2.45, 2.75) is 77.0 Å². The van der Waals surface area contributed by atoms with Gasteiger partial charge in [-0.2, -0.15) is 0 Å². The third kappa shape index (κ3) is 11.9. The lowest BCUT2D eigenvalue weighted by atomic mass is 10.0. The van der Waals surface area contributed by atoms with E-state index >= 15 is 0 Å². The van der Waals surface area contributed by atoms with Crippen LogP contribution in [0.1, 0.15) is 52.9 Å². The van der Waals surface area contributed by atoms with Gasteiger partial charge in [-0.1, -0.05) is 13.8 Å². The van der Waals surface area contributed by atoms with Crippen LogP contribution < -0.4 is 33.2 Å². The number of nitrogens with two attached hydrogens (primary N) is 3. The second kappa shape index (κ2) is 14.3. The maximum atomic E-state index is 12.7. The number of carboxylic acid groups (broad SMARTS) is 1. The Morgan fingerprint density at radius 3 is 1.94 bits per heavy atom. The number of rotatable bonds is 15. The van der Waals surface area contributed by atoms with Crippen molar-refractivity contribution in [2.75, 3.05) is 6.54 Å². The van der Waals surface area contributed by atoms with Crippen molar-refractivity contribution in [3.63, 3.8) is 0 Å². The number of aliphatic carboxylic acids is 1. The van der Waals surface area contributed by atoms with Crippen molar-refractivity contribution < 1.29 is 29.1 Å². The minimum absolute atomic E-state index is 0.191. The van der Waals surface area contributed by atoms with Crippen LogP contribution in [0.25, 0.3) is 0 Å². The van der Waals surface area contributed by atoms with E-state index in [-0.39, 0.29) is 12.3 Å². The molecule has 4 unspecified atom stereocenters. The second-order valence-electron chi connectivity index (χ2n) is 7.88. The van der Waals surface area contributed by atoms with E-state index in [0.717, 1.165) is 0 Å². The number of primary amides is 1. The molecule has 0 aliphatic rings. The van der Waals surface area contributed by atoms with Gasteiger partial charge in [0, 0.05) is 0 Å². The van der Waals surface area contributed by atoms with E-state index in [0.29, 0.717) is 25.8 Å². The summed E-state index contributed by atoms with van der Waals surface area (Å²) >= 11 is 0. The molecule has 12 heteroatoms. The van der Waals surface area contributed by atoms with Gasteiger partial charge in [0.1, 0.15) is 18.1 Å². The molecule has 0 aliphatic heterocycles. The molecule has 31 heavy (non-hydrogen) atoms. The van der Waals surface area contributed by atoms with Crippen LogP contribution in [0.2, 0.25) is 0 Å². The Bertz CT molecular complexity index is 641. The standard InChI is InChI=1S/C19H36N6O6/c1-10(2)8-12(21)17(28)24-13(6-4-5-7-20)18(29)23-11(3)16(27)25-14(19(30)31)9-15(22)26/h10-14H,4-9,20-21H2,1-3H3,(H2,22,26)(H,23,29)(H,24,28)(H,25,27)(H,30,31). The maximum Gasteiger partial charge on any atom is 0.326 e. The van der Waals surface area contributed by atoms with Crippen LogP contribution in [0.3, 0.4) is 0 Å². The van der Waals surface area contributed by atoms with Crippen molar-refractivity contribution in [1.29, 1.82) is 0 Å². The number of amides is 4. The molecule has 0 heterocycles. The molecule has 10 N–H and O–H groups in total. The summed E-state index contributed by atoms with van der Waals surface area (Å²) in [7, 11) is 0. The predicted molar refractivity (Wildman–Crippen MR) is 113 cm³/mol. The molecular formula is C19H36N6O6. The molecule has 0 aromatic heterocycles. The zero-order valence-corrected chi connectivity index (χ0v) is 18.3. The highest BCUT2D eigenvalue weighted by atomic mass is 16.4. The Morgan fingerprint density at radius 2 is 1.45 bits per heavy atom. The topological polar surface area (TPSA) is 220 Å². The van der Waals surface area contributed by atoms with Gasteiger partial charge in [0.2, 0.25) is 23.6 Å². The Morgan fingerprint density at radius 1 is 0.871 bits per heavy atom. The maximum absolute atomic E-state index is 12.7. The normalized spacial score (nSPS) is 14.8. The molecule has 0 aromatic carbocycles. The fourth-order valence-electron chi connectivity index (χ4n) is 2.73. The van der Waals surface area contributed by atoms with Crippen LogP contribution >= 0.6 is 0 Å². The van der Waals surface area contributed by atoms with Gasteiger partial charge in [0.15, 0.2) is 0 Å². The van der Waals surface area contributed by atoms with Gasteiger partial charge < -0.3 is 38.3 Å². The van der Waals surface area contributed by atoms with Crippen molar-refractivity contribution >= 4 is 29.6 Å². The van der Waals surface area contributed by atoms with Crippen LogP contribution in [-0.2, 0) is 24.0 Å². The summed E-state index contributed by atoms with van der Waals surface area (Å²) in [5.41, 5.74) is 16.3. The first-order chi connectivity index (χ1) is 14.4. The zero-order chi connectivity index (χ0) is 24.1. The molecule has 0 fully saturated rings. The average molecular weight is 445 g/mol. The van der Waals surface area contributed by atoms with Gasteiger partial charge in [-0.3, -0.25) is 19.2 Å². The van der Waals surface area contributed by atoms with E-state index in [9.17, 15) is 24.0 Å². The third-order valence-electron chi connectivity index (χ3n) is 4.41. The number of carbonyl (C=O) groups excluding carboxylic acids is 4. The predicted octanol–water partition coefficient (Wildman–Crippen LogP) is -2.08. The van der Waals surface area contributed by atoms with E-state index in [4.69, 9.17) is 22.3 Å². The molecule has 178 valence electrons. The highest BCUT2D eigenvalue weighted by Gasteiger charge is 2.28. The van der Waals surface area contributed by atoms with E-state index in [1.54, 1.807) is 0 Å². The fourth-order valence-corrected chi connectivity index (χ4v) is 2.73. The fraction of sp³-hybridized carbons (Fsp3) is 0.737. The number of unbranched alkanes of at least 4 members (excludes halogenated alkanes) is 1. The van der Waals surface area contributed by atoms with Crippen LogP contribution in [0.4, 0.5) is 0 Å². The minimum Gasteiger partial charge on any atom is -0.480 e. The summed E-state index contributed by atoms with van der Waals surface area (Å²) in [4.78, 5) is 59.4. The van der Waals surface area contributed by atoms with Gasteiger partial charge in [0.05, 0.1) is 12.5 Å². The summed E-state index contributed by atoms with van der Waals surface area (Å²) in [6, 6.07) is -4.36. The van der Waals surface area contributed by atoms with Gasteiger partial charge >= 0.3 is 5.97 Å². The highest BCUT2D eigenvalue weighted by Crippen LogP contribution is 2.06. The lowest BCUT2D eigenvalue weighted by Crippen LogP contribution is -2.56. The van der Waals surface area contributed by atoms with Crippen molar-refractivity contribution in [3.8, 4) is 0 Å². The number of hydrogen-bond acceptors (Lipinski definition) is 7. The first kappa shape index (κ1) is 28.3. The summed E-state index contributed by atoms with van der Waals surface area (Å²) in [6.45, 7) is 5.60. The van der Waals surface area contributed by atoms with Gasteiger partial charge in [-0.05, 0) is 45.1 Å². The molecule has 12 nitrogen and oxygen atoms in total. The zero-order valence-electron chi connectivity index (χ0n) is 18.3. The lowest BCUT2D eigenvalue weighted by molar-refractivity contribution is -0.143. The SMILES string of the molecule is CC(C)CC(N)C(=O)NC(CCCCN)C(=O)NC(C)C(=O)NC(CC(N)=O)C(=O)O. The monoisotopic (exact) mass is 444 g/mol. The van der Waals surface area contributed by atoms with Gasteiger partial charge in [-0.25, -0.2) is 4.79 Å². The highest BCUT2D eigenvalue weighted by molar-refractivity contribution is 5.94. The van der Waals surface area contributed by atoms with Crippen molar-refractivity contribution in [3.05, 3.63) is 0 Å². The van der Waals surface area contributed by atoms with E-state index in [2.05, 4.69) is 16.0 Å². The largest absolute Gasteiger partial charge is 0.480 e. The summed E-state index contributed by atoms with van der Waals surface area (Å²) in [6.07, 6.45) is 1.35. The molecule has 0 radical (unpaired) electrons. The molecule has 4 amide bonds. The van der Waals surface area contributed by atoms with Crippen LogP contribution in [0.15, 0.2) is 0 Å². The average Bonchev–Trinajstić information content (AvgIpc) is 2.65. The van der Waals surface area contributed by atoms with Gasteiger partial charge in [-0.15, -0.1) is 0 Å². The van der Waals surface area contributed by atoms with E-state index in [1.807, 2.05) is 13.8 Å². The van der Waals surface area contributed by atoms with E-state index < -0.39 is 60.2 Å². The van der Waals surface area contributed by atoms with Gasteiger partial charge in [0.25, 0.3) is 0 Å². The Hall–Kier alpha value is -2.73. The summed E-state index contributed by atoms with van der Waals surface area (Å²) < 4.78 is 0. The quantitative estimate of drug-likeness (QED) is 0.139. The number of hydrogen-bond donors (Lipinski definition) is 7. The molecule has 0 saturated heterocycles. The number of nitrogens with one attached hydrogen (secondary N) is 3. The molecule has 0 spiro atoms. The molecule has 0 aliphatic carbocycles. The van der Waals surface area contributed by atoms with E-state index in [1.165, 1.54) is 6.92 Å². The molecule has 0 aromatic rings. The van der Waals surface area contributed by atoms with Crippen LogP contribution in [0.5, 0.6) is 0 Å². The Balaban J connectivity index is 5.08. The summed E-state index contributed by atoms with van der Waals surface area (Å²) in [5, 5.41) is 16.3. The molecule has 0 bridgehead atoms. The van der Waals surface area contributed by atoms with Crippen LogP contribution in [-0.4, -0.2) is 65.4 Å². The smallest absolute Gasteiger partial charge is 0.326 e. The molecule has 0 rings (SSSR count). The lowest BCUT2D eigenvalue weighted by Gasteiger charge is -2.24. The molecular weight excluding hydrogens is 408 g/mol. The summed E-state index contributed by atoms with van der Waals surface area (Å²) in [5.74, 6) is -4.05. The molecule has 4 atom stereocenters. The minimum atomic E-state index is -1.52. The number of carbonyl (C=O) groups is 5. The van der Waals surface area contributed by atoms with Crippen LogP contribution in [0, 0.1) is 5.92 Å². The van der Waals surface area contributed by atoms with Crippen molar-refractivity contribution in [2.24, 2.45) is 23.1 Å². The Kier molecular flexibility index (Phi) is 13.0. The number of carboxylic acids is 1. The third-order valence-corrected chi connectivity index (χ3v) is 4.41. The second-order valence-corrected chi connectivity index (χ2v) is 7.88.